The van der Waals surface area contributed by atoms with Crippen LogP contribution in [0.15, 0.2) is 58.2 Å². The van der Waals surface area contributed by atoms with Crippen molar-refractivity contribution >= 4 is 36.7 Å². The molecule has 6 rings (SSSR count). The van der Waals surface area contributed by atoms with Gasteiger partial charge in [-0.25, -0.2) is 18.4 Å². The van der Waals surface area contributed by atoms with E-state index in [2.05, 4.69) is 43.6 Å². The first-order valence-electron chi connectivity index (χ1n) is 15.4. The van der Waals surface area contributed by atoms with Crippen molar-refractivity contribution in [2.75, 3.05) is 31.2 Å². The van der Waals surface area contributed by atoms with E-state index in [0.29, 0.717) is 29.1 Å². The molecule has 0 radical (unpaired) electrons. The number of nitrogens with one attached hydrogen (secondary N) is 2. The number of aromatic amines is 1. The number of aromatic nitrogens is 4. The number of pyridine rings is 1. The lowest BCUT2D eigenvalue weighted by Crippen LogP contribution is -2.44. The molecule has 1 aliphatic rings. The lowest BCUT2D eigenvalue weighted by atomic mass is 10.0. The van der Waals surface area contributed by atoms with Crippen LogP contribution in [0.5, 0.6) is 5.88 Å². The number of ether oxygens (including phenoxy) is 2. The second-order valence-corrected chi connectivity index (χ2v) is 15.4. The Morgan fingerprint density at radius 3 is 2.24 bits per heavy atom. The highest BCUT2D eigenvalue weighted by molar-refractivity contribution is 7.92. The minimum atomic E-state index is -4.08. The van der Waals surface area contributed by atoms with Crippen molar-refractivity contribution in [1.82, 2.24) is 25.1 Å². The summed E-state index contributed by atoms with van der Waals surface area (Å²) in [5, 5.41) is 8.05. The van der Waals surface area contributed by atoms with Crippen molar-refractivity contribution in [1.29, 1.82) is 0 Å². The summed E-state index contributed by atoms with van der Waals surface area (Å²) in [5.74, 6) is 1.42. The maximum absolute atomic E-state index is 11.8. The molecule has 1 fully saturated rings. The molecule has 4 heterocycles. The second-order valence-electron chi connectivity index (χ2n) is 12.3. The average molecular weight is 713 g/mol. The molecule has 14 nitrogen and oxygen atoms in total. The van der Waals surface area contributed by atoms with E-state index in [4.69, 9.17) is 18.4 Å². The molecule has 3 N–H and O–H groups in total. The van der Waals surface area contributed by atoms with Crippen LogP contribution in [-0.4, -0.2) is 85.1 Å². The number of H-pyrrole nitrogens is 1. The molecule has 3 aromatic heterocycles. The number of oxazole rings is 1. The van der Waals surface area contributed by atoms with Crippen LogP contribution in [0.25, 0.3) is 33.5 Å². The van der Waals surface area contributed by atoms with Gasteiger partial charge < -0.3 is 13.9 Å². The van der Waals surface area contributed by atoms with Crippen molar-refractivity contribution < 1.29 is 35.3 Å². The van der Waals surface area contributed by atoms with Crippen molar-refractivity contribution in [3.63, 3.8) is 0 Å². The van der Waals surface area contributed by atoms with E-state index in [1.165, 1.54) is 7.11 Å². The molecule has 0 saturated carbocycles. The number of morpholine rings is 1. The van der Waals surface area contributed by atoms with Gasteiger partial charge in [0.05, 0.1) is 54.9 Å². The van der Waals surface area contributed by atoms with Gasteiger partial charge in [-0.2, -0.15) is 13.5 Å². The molecule has 5 aromatic rings. The fourth-order valence-electron chi connectivity index (χ4n) is 6.15. The Morgan fingerprint density at radius 1 is 0.959 bits per heavy atom. The normalized spacial score (nSPS) is 17.1. The number of hydrogen-bond acceptors (Lipinski definition) is 11. The summed E-state index contributed by atoms with van der Waals surface area (Å²) < 4.78 is 74.1. The monoisotopic (exact) mass is 712 g/mol. The van der Waals surface area contributed by atoms with Gasteiger partial charge in [0.1, 0.15) is 11.4 Å². The van der Waals surface area contributed by atoms with Gasteiger partial charge >= 0.3 is 0 Å². The van der Waals surface area contributed by atoms with Crippen LogP contribution < -0.4 is 9.46 Å². The highest BCUT2D eigenvalue weighted by atomic mass is 32.2. The van der Waals surface area contributed by atoms with Crippen molar-refractivity contribution in [2.45, 2.75) is 58.3 Å². The minimum Gasteiger partial charge on any atom is -0.480 e. The van der Waals surface area contributed by atoms with Crippen molar-refractivity contribution in [2.24, 2.45) is 0 Å². The van der Waals surface area contributed by atoms with Crippen LogP contribution >= 0.6 is 0 Å². The van der Waals surface area contributed by atoms with Gasteiger partial charge in [0.2, 0.25) is 21.8 Å². The number of anilines is 1. The number of aryl methyl sites for hydroxylation is 3. The molecule has 16 heteroatoms. The number of benzene rings is 2. The number of nitrogens with zero attached hydrogens (tertiary/aromatic N) is 4. The fourth-order valence-corrected chi connectivity index (χ4v) is 7.63. The van der Waals surface area contributed by atoms with E-state index >= 15 is 0 Å². The lowest BCUT2D eigenvalue weighted by Gasteiger charge is -2.34. The zero-order valence-electron chi connectivity index (χ0n) is 28.3. The lowest BCUT2D eigenvalue weighted by molar-refractivity contribution is -0.0718. The molecular weight excluding hydrogens is 673 g/mol. The zero-order valence-corrected chi connectivity index (χ0v) is 29.9. The van der Waals surface area contributed by atoms with E-state index in [1.807, 2.05) is 19.1 Å². The van der Waals surface area contributed by atoms with Crippen LogP contribution in [0.2, 0.25) is 0 Å². The molecule has 2 aromatic carbocycles. The first-order chi connectivity index (χ1) is 23.0. The molecule has 0 spiro atoms. The van der Waals surface area contributed by atoms with Gasteiger partial charge in [-0.15, -0.1) is 0 Å². The van der Waals surface area contributed by atoms with Gasteiger partial charge in [-0.05, 0) is 69.5 Å². The van der Waals surface area contributed by atoms with E-state index < -0.39 is 20.1 Å². The van der Waals surface area contributed by atoms with Gasteiger partial charge in [0, 0.05) is 35.8 Å². The minimum absolute atomic E-state index is 0.0260. The average Bonchev–Trinajstić information content (AvgIpc) is 3.64. The second kappa shape index (κ2) is 14.2. The predicted molar refractivity (Wildman–Crippen MR) is 186 cm³/mol. The molecule has 0 amide bonds. The molecular formula is C33H40N6O8S2. The van der Waals surface area contributed by atoms with Gasteiger partial charge in [0.25, 0.3) is 10.1 Å². The van der Waals surface area contributed by atoms with Gasteiger partial charge in [-0.1, -0.05) is 17.7 Å². The molecule has 0 unspecified atom stereocenters. The summed E-state index contributed by atoms with van der Waals surface area (Å²) in [6.45, 7) is 11.7. The third-order valence-corrected chi connectivity index (χ3v) is 9.50. The molecule has 0 bridgehead atoms. The molecule has 49 heavy (non-hydrogen) atoms. The molecule has 0 aliphatic carbocycles. The molecule has 1 saturated heterocycles. The third-order valence-electron chi connectivity index (χ3n) is 7.75. The van der Waals surface area contributed by atoms with Gasteiger partial charge in [-0.3, -0.25) is 19.3 Å². The smallest absolute Gasteiger partial charge is 0.295 e. The van der Waals surface area contributed by atoms with E-state index in [-0.39, 0.29) is 28.7 Å². The number of fused-ring (bicyclic) bond motifs is 1. The van der Waals surface area contributed by atoms with Crippen LogP contribution in [-0.2, 0) is 31.4 Å². The highest BCUT2D eigenvalue weighted by Gasteiger charge is 2.24. The molecule has 262 valence electrons. The van der Waals surface area contributed by atoms with Crippen molar-refractivity contribution in [3.05, 3.63) is 71.4 Å². The summed E-state index contributed by atoms with van der Waals surface area (Å²) in [4.78, 5) is 11.2. The Labute approximate surface area is 285 Å². The summed E-state index contributed by atoms with van der Waals surface area (Å²) in [6, 6.07) is 8.99. The first kappa shape index (κ1) is 35.9. The number of sulfonamides is 1. The highest BCUT2D eigenvalue weighted by Crippen LogP contribution is 2.35. The van der Waals surface area contributed by atoms with E-state index in [1.54, 1.807) is 50.6 Å². The Hall–Kier alpha value is -4.35. The number of hydrogen-bond donors (Lipinski definition) is 3. The van der Waals surface area contributed by atoms with Crippen LogP contribution in [0.1, 0.15) is 36.3 Å². The largest absolute Gasteiger partial charge is 0.480 e. The standard InChI is InChI=1S/C24H28N6O5S.C9H12O3S/c1-14-11-30(12-15(2)34-14)13-18-9-26-23(35-18)19-5-16(6-21-20(19)10-27-28-21)17-7-22(29-36(4,31)32)24(33-3)25-8-17;1-6-4-7(2)9(8(3)5-6)13(10,11)12/h5-10,14-15,29H,11-13H2,1-4H3,(H,27,28);4-5H,1-3H3,(H,10,11,12)/t14-,15+;. The topological polar surface area (TPSA) is 190 Å². The van der Waals surface area contributed by atoms with Crippen LogP contribution in [0.3, 0.4) is 0 Å². The molecule has 1 aliphatic heterocycles. The SMILES string of the molecule is COc1ncc(-c2cc(-c3ncc(CN4C[C@@H](C)O[C@@H](C)C4)o3)c3cn[nH]c3c2)cc1NS(C)(=O)=O.Cc1cc(C)c(S(=O)(=O)O)c(C)c1. The maximum Gasteiger partial charge on any atom is 0.295 e. The summed E-state index contributed by atoms with van der Waals surface area (Å²) in [6.07, 6.45) is 6.51. The van der Waals surface area contributed by atoms with Crippen molar-refractivity contribution in [3.8, 4) is 28.5 Å². The number of rotatable bonds is 8. The Kier molecular flexibility index (Phi) is 10.5. The first-order valence-corrected chi connectivity index (χ1v) is 18.7. The third kappa shape index (κ3) is 8.82. The Balaban J connectivity index is 0.000000304. The molecule has 2 atom stereocenters. The Morgan fingerprint density at radius 2 is 1.63 bits per heavy atom. The summed E-state index contributed by atoms with van der Waals surface area (Å²) in [7, 11) is -6.17. The zero-order chi connectivity index (χ0) is 35.7. The van der Waals surface area contributed by atoms with E-state index in [0.717, 1.165) is 52.7 Å². The van der Waals surface area contributed by atoms with Crippen LogP contribution in [0, 0.1) is 20.8 Å². The summed E-state index contributed by atoms with van der Waals surface area (Å²) in [5.41, 5.74) is 5.41. The predicted octanol–water partition coefficient (Wildman–Crippen LogP) is 5.13. The van der Waals surface area contributed by atoms with E-state index in [9.17, 15) is 16.8 Å². The maximum atomic E-state index is 11.8. The summed E-state index contributed by atoms with van der Waals surface area (Å²) >= 11 is 0. The van der Waals surface area contributed by atoms with Crippen LogP contribution in [0.4, 0.5) is 5.69 Å². The number of methoxy groups -OCH3 is 1. The fraction of sp³-hybridized carbons (Fsp3) is 0.364. The van der Waals surface area contributed by atoms with Gasteiger partial charge in [0.15, 0.2) is 0 Å². The quantitative estimate of drug-likeness (QED) is 0.180. The Bertz CT molecular complexity index is 2160.